The molecule has 1 fully saturated rings. The minimum absolute atomic E-state index is 0.0167. The van der Waals surface area contributed by atoms with Gasteiger partial charge in [-0.25, -0.2) is 8.78 Å². The Bertz CT molecular complexity index is 595. The van der Waals surface area contributed by atoms with Crippen molar-refractivity contribution in [3.05, 3.63) is 29.8 Å². The first-order valence-electron chi connectivity index (χ1n) is 8.50. The number of hydrogen-bond donors (Lipinski definition) is 1. The summed E-state index contributed by atoms with van der Waals surface area (Å²) < 4.78 is 26.5. The third-order valence-corrected chi connectivity index (χ3v) is 4.70. The molecule has 0 saturated carbocycles. The number of rotatable bonds is 5. The lowest BCUT2D eigenvalue weighted by Crippen LogP contribution is -2.43. The zero-order chi connectivity index (χ0) is 17.7. The Hall–Kier alpha value is -1.98. The van der Waals surface area contributed by atoms with Gasteiger partial charge in [0.1, 0.15) is 11.6 Å². The summed E-state index contributed by atoms with van der Waals surface area (Å²) in [4.78, 5) is 26.4. The van der Waals surface area contributed by atoms with E-state index in [1.54, 1.807) is 0 Å². The van der Waals surface area contributed by atoms with Gasteiger partial charge < -0.3 is 10.2 Å². The van der Waals surface area contributed by atoms with Crippen LogP contribution in [0.15, 0.2) is 18.2 Å². The van der Waals surface area contributed by atoms with Gasteiger partial charge in [-0.05, 0) is 37.8 Å². The minimum atomic E-state index is -0.787. The monoisotopic (exact) mass is 338 g/mol. The third-order valence-electron chi connectivity index (χ3n) is 4.70. The second-order valence-electron chi connectivity index (χ2n) is 6.23. The summed E-state index contributed by atoms with van der Waals surface area (Å²) >= 11 is 0. The highest BCUT2D eigenvalue weighted by molar-refractivity contribution is 5.92. The molecule has 1 aromatic rings. The zero-order valence-corrected chi connectivity index (χ0v) is 14.1. The molecule has 1 saturated heterocycles. The van der Waals surface area contributed by atoms with Crippen molar-refractivity contribution < 1.29 is 18.4 Å². The van der Waals surface area contributed by atoms with E-state index in [1.807, 2.05) is 18.7 Å². The van der Waals surface area contributed by atoms with Gasteiger partial charge in [-0.2, -0.15) is 0 Å². The van der Waals surface area contributed by atoms with Gasteiger partial charge >= 0.3 is 0 Å². The molecule has 2 rings (SSSR count). The van der Waals surface area contributed by atoms with E-state index < -0.39 is 11.6 Å². The topological polar surface area (TPSA) is 49.4 Å². The number of nitrogens with one attached hydrogen (secondary N) is 1. The summed E-state index contributed by atoms with van der Waals surface area (Å²) in [7, 11) is 0. The summed E-state index contributed by atoms with van der Waals surface area (Å²) in [6.45, 7) is 5.09. The van der Waals surface area contributed by atoms with Crippen molar-refractivity contribution in [3.8, 4) is 0 Å². The smallest absolute Gasteiger partial charge is 0.227 e. The summed E-state index contributed by atoms with van der Waals surface area (Å²) in [6.07, 6.45) is 2.75. The highest BCUT2D eigenvalue weighted by Gasteiger charge is 2.29. The van der Waals surface area contributed by atoms with Crippen molar-refractivity contribution in [2.75, 3.05) is 18.4 Å². The molecule has 0 atom stereocenters. The first kappa shape index (κ1) is 18.4. The average molecular weight is 338 g/mol. The van der Waals surface area contributed by atoms with Crippen LogP contribution in [0.2, 0.25) is 0 Å². The highest BCUT2D eigenvalue weighted by Crippen LogP contribution is 2.23. The minimum Gasteiger partial charge on any atom is -0.342 e. The molecule has 132 valence electrons. The highest BCUT2D eigenvalue weighted by atomic mass is 19.1. The lowest BCUT2D eigenvalue weighted by Gasteiger charge is -2.33. The Labute approximate surface area is 141 Å². The quantitative estimate of drug-likeness (QED) is 0.892. The van der Waals surface area contributed by atoms with E-state index in [0.29, 0.717) is 25.9 Å². The van der Waals surface area contributed by atoms with E-state index in [9.17, 15) is 18.4 Å². The molecule has 0 bridgehead atoms. The molecule has 0 radical (unpaired) electrons. The van der Waals surface area contributed by atoms with Crippen molar-refractivity contribution in [1.82, 2.24) is 4.90 Å². The predicted molar refractivity (Wildman–Crippen MR) is 88.4 cm³/mol. The molecule has 0 aliphatic carbocycles. The number of amides is 2. The Kier molecular flexibility index (Phi) is 6.29. The van der Waals surface area contributed by atoms with Crippen molar-refractivity contribution in [1.29, 1.82) is 0 Å². The Balaban J connectivity index is 1.89. The van der Waals surface area contributed by atoms with Crippen LogP contribution in [0.5, 0.6) is 0 Å². The van der Waals surface area contributed by atoms with E-state index in [4.69, 9.17) is 0 Å². The molecule has 24 heavy (non-hydrogen) atoms. The molecule has 6 heteroatoms. The lowest BCUT2D eigenvalue weighted by molar-refractivity contribution is -0.138. The van der Waals surface area contributed by atoms with Crippen LogP contribution in [0.3, 0.4) is 0 Å². The average Bonchev–Trinajstić information content (AvgIpc) is 2.58. The number of piperidine rings is 1. The van der Waals surface area contributed by atoms with Crippen LogP contribution in [-0.4, -0.2) is 29.8 Å². The molecule has 1 aromatic carbocycles. The number of hydrogen-bond acceptors (Lipinski definition) is 2. The fourth-order valence-electron chi connectivity index (χ4n) is 3.08. The molecule has 0 unspecified atom stereocenters. The number of halogens is 2. The lowest BCUT2D eigenvalue weighted by atomic mass is 9.93. The van der Waals surface area contributed by atoms with Crippen molar-refractivity contribution in [3.63, 3.8) is 0 Å². The van der Waals surface area contributed by atoms with Gasteiger partial charge in [0.05, 0.1) is 5.69 Å². The summed E-state index contributed by atoms with van der Waals surface area (Å²) in [5.41, 5.74) is -0.0167. The van der Waals surface area contributed by atoms with Crippen molar-refractivity contribution >= 4 is 17.5 Å². The molecular formula is C18H24F2N2O2. The van der Waals surface area contributed by atoms with Crippen LogP contribution in [0, 0.1) is 23.5 Å². The van der Waals surface area contributed by atoms with Gasteiger partial charge in [-0.15, -0.1) is 0 Å². The van der Waals surface area contributed by atoms with Gasteiger partial charge in [0.2, 0.25) is 11.8 Å². The number of nitrogens with zero attached hydrogens (tertiary/aromatic N) is 1. The van der Waals surface area contributed by atoms with Crippen LogP contribution in [0.1, 0.15) is 39.5 Å². The Morgan fingerprint density at radius 1 is 1.21 bits per heavy atom. The second kappa shape index (κ2) is 8.22. The van der Waals surface area contributed by atoms with E-state index in [-0.39, 0.29) is 29.3 Å². The van der Waals surface area contributed by atoms with Gasteiger partial charge in [-0.3, -0.25) is 9.59 Å². The molecule has 0 spiro atoms. The fraction of sp³-hybridized carbons (Fsp3) is 0.556. The molecule has 1 aliphatic rings. The molecule has 1 aliphatic heterocycles. The number of anilines is 1. The van der Waals surface area contributed by atoms with Crippen molar-refractivity contribution in [2.24, 2.45) is 11.8 Å². The SMILES string of the molecule is CCC(CC)C(=O)N1CCC(C(=O)Nc2ccc(F)cc2F)CC1. The maximum absolute atomic E-state index is 13.6. The van der Waals surface area contributed by atoms with Gasteiger partial charge in [0.25, 0.3) is 0 Å². The van der Waals surface area contributed by atoms with E-state index in [2.05, 4.69) is 5.32 Å². The van der Waals surface area contributed by atoms with E-state index in [1.165, 1.54) is 6.07 Å². The van der Waals surface area contributed by atoms with Crippen LogP contribution in [0.4, 0.5) is 14.5 Å². The summed E-state index contributed by atoms with van der Waals surface area (Å²) in [6, 6.07) is 3.07. The summed E-state index contributed by atoms with van der Waals surface area (Å²) in [5, 5.41) is 2.51. The summed E-state index contributed by atoms with van der Waals surface area (Å²) in [5.74, 6) is -1.81. The molecule has 4 nitrogen and oxygen atoms in total. The molecule has 2 amide bonds. The first-order chi connectivity index (χ1) is 11.5. The van der Waals surface area contributed by atoms with E-state index in [0.717, 1.165) is 25.0 Å². The maximum Gasteiger partial charge on any atom is 0.227 e. The third kappa shape index (κ3) is 4.30. The Morgan fingerprint density at radius 2 is 1.83 bits per heavy atom. The van der Waals surface area contributed by atoms with Crippen LogP contribution < -0.4 is 5.32 Å². The number of likely N-dealkylation sites (tertiary alicyclic amines) is 1. The standard InChI is InChI=1S/C18H24F2N2O2/c1-3-12(4-2)18(24)22-9-7-13(8-10-22)17(23)21-16-6-5-14(19)11-15(16)20/h5-6,11-13H,3-4,7-10H2,1-2H3,(H,21,23). The Morgan fingerprint density at radius 3 is 2.38 bits per heavy atom. The number of benzene rings is 1. The molecule has 1 N–H and O–H groups in total. The van der Waals surface area contributed by atoms with Crippen LogP contribution in [0.25, 0.3) is 0 Å². The maximum atomic E-state index is 13.6. The van der Waals surface area contributed by atoms with E-state index >= 15 is 0 Å². The molecule has 0 aromatic heterocycles. The number of carbonyl (C=O) groups excluding carboxylic acids is 2. The van der Waals surface area contributed by atoms with Crippen molar-refractivity contribution in [2.45, 2.75) is 39.5 Å². The molecule has 1 heterocycles. The first-order valence-corrected chi connectivity index (χ1v) is 8.50. The second-order valence-corrected chi connectivity index (χ2v) is 6.23. The fourth-order valence-corrected chi connectivity index (χ4v) is 3.08. The molecular weight excluding hydrogens is 314 g/mol. The number of carbonyl (C=O) groups is 2. The van der Waals surface area contributed by atoms with Gasteiger partial charge in [0.15, 0.2) is 0 Å². The van der Waals surface area contributed by atoms with Crippen LogP contribution >= 0.6 is 0 Å². The van der Waals surface area contributed by atoms with Crippen LogP contribution in [-0.2, 0) is 9.59 Å². The van der Waals surface area contributed by atoms with Gasteiger partial charge in [0, 0.05) is 31.0 Å². The largest absolute Gasteiger partial charge is 0.342 e. The normalized spacial score (nSPS) is 15.6. The predicted octanol–water partition coefficient (Wildman–Crippen LogP) is 3.58. The van der Waals surface area contributed by atoms with Gasteiger partial charge in [-0.1, -0.05) is 13.8 Å². The zero-order valence-electron chi connectivity index (χ0n) is 14.1.